The first-order valence-electron chi connectivity index (χ1n) is 1.31. The molecule has 0 rings (SSSR count). The Morgan fingerprint density at radius 3 is 2.14 bits per heavy atom. The van der Waals surface area contributed by atoms with E-state index in [1.165, 1.54) is 11.4 Å². The fraction of sp³-hybridized carbons (Fsp3) is 0. The van der Waals surface area contributed by atoms with Crippen LogP contribution in [0, 0.1) is 5.41 Å². The largest absolute Gasteiger partial charge is 0.428 e. The molecule has 0 bridgehead atoms. The molecule has 0 aliphatic carbocycles. The Morgan fingerprint density at radius 1 is 1.71 bits per heavy atom. The van der Waals surface area contributed by atoms with Gasteiger partial charge in [0.25, 0.3) is 0 Å². The second kappa shape index (κ2) is 2.07. The summed E-state index contributed by atoms with van der Waals surface area (Å²) in [5.74, 6) is 0. The smallest absolute Gasteiger partial charge is 0.308 e. The molecule has 0 heterocycles. The van der Waals surface area contributed by atoms with E-state index in [2.05, 4.69) is 0 Å². The average Bonchev–Trinajstić information content (AvgIpc) is 1.30. The third-order valence-electron chi connectivity index (χ3n) is 0.202. The molecule has 7 heavy (non-hydrogen) atoms. The molecule has 0 unspecified atom stereocenters. The van der Waals surface area contributed by atoms with E-state index in [1.54, 1.807) is 0 Å². The molecule has 0 fully saturated rings. The molecule has 0 aromatic heterocycles. The fourth-order valence-electron chi connectivity index (χ4n) is 0.0728. The summed E-state index contributed by atoms with van der Waals surface area (Å²) in [5, 5.41) is 7.37. The van der Waals surface area contributed by atoms with Crippen molar-refractivity contribution in [3.05, 3.63) is 0 Å². The quantitative estimate of drug-likeness (QED) is 0.166. The maximum absolute atomic E-state index is 9.63. The molecule has 0 atom stereocenters. The van der Waals surface area contributed by atoms with E-state index in [-0.39, 0.29) is 0 Å². The van der Waals surface area contributed by atoms with Crippen LogP contribution in [0.15, 0.2) is 0 Å². The Labute approximate surface area is 40.1 Å². The molecular weight excluding hydrogens is 119 g/mol. The normalized spacial score (nSPS) is 10.6. The molecule has 1 radical (unpaired) electrons. The van der Waals surface area contributed by atoms with E-state index >= 15 is 0 Å². The maximum atomic E-state index is 9.63. The van der Waals surface area contributed by atoms with Gasteiger partial charge in [0.1, 0.15) is 0 Å². The Bertz CT molecular complexity index is 106. The van der Waals surface area contributed by atoms with Crippen molar-refractivity contribution in [1.82, 2.24) is 5.09 Å². The molecule has 5 nitrogen and oxygen atoms in total. The fourth-order valence-corrected chi connectivity index (χ4v) is 0.218. The predicted molar refractivity (Wildman–Crippen MR) is 22.9 cm³/mol. The van der Waals surface area contributed by atoms with Crippen molar-refractivity contribution in [1.29, 1.82) is 5.41 Å². The van der Waals surface area contributed by atoms with Crippen LogP contribution < -0.4 is 5.09 Å². The van der Waals surface area contributed by atoms with Crippen LogP contribution in [-0.4, -0.2) is 16.1 Å². The summed E-state index contributed by atoms with van der Waals surface area (Å²) in [6, 6.07) is 0. The first-order chi connectivity index (χ1) is 3.06. The lowest BCUT2D eigenvalue weighted by Gasteiger charge is -1.96. The van der Waals surface area contributed by atoms with Crippen molar-refractivity contribution in [2.45, 2.75) is 0 Å². The first kappa shape index (κ1) is 6.62. The van der Waals surface area contributed by atoms with Crippen molar-refractivity contribution < 1.29 is 14.4 Å². The van der Waals surface area contributed by atoms with Gasteiger partial charge in [-0.05, 0) is 0 Å². The number of nitrogens with one attached hydrogen (secondary N) is 2. The van der Waals surface area contributed by atoms with Gasteiger partial charge in [-0.2, -0.15) is 0 Å². The first-order valence-corrected chi connectivity index (χ1v) is 2.92. The SMILES string of the molecule is N=[C]NP(=O)(O)O. The van der Waals surface area contributed by atoms with Crippen LogP contribution in [0.1, 0.15) is 0 Å². The zero-order chi connectivity index (χ0) is 5.91. The molecule has 0 aromatic rings. The van der Waals surface area contributed by atoms with Gasteiger partial charge in [0, 0.05) is 0 Å². The molecule has 0 aliphatic rings. The molecule has 0 aromatic carbocycles. The Balaban J connectivity index is 3.57. The van der Waals surface area contributed by atoms with Gasteiger partial charge in [0.15, 0.2) is 6.34 Å². The highest BCUT2D eigenvalue weighted by molar-refractivity contribution is 7.50. The molecule has 4 N–H and O–H groups in total. The van der Waals surface area contributed by atoms with Crippen molar-refractivity contribution in [3.8, 4) is 0 Å². The van der Waals surface area contributed by atoms with Gasteiger partial charge < -0.3 is 9.79 Å². The molecule has 0 saturated heterocycles. The second-order valence-corrected chi connectivity index (χ2v) is 2.09. The Kier molecular flexibility index (Phi) is 1.95. The van der Waals surface area contributed by atoms with Crippen LogP contribution in [0.4, 0.5) is 0 Å². The number of hydrogen-bond acceptors (Lipinski definition) is 2. The van der Waals surface area contributed by atoms with Gasteiger partial charge in [0.05, 0.1) is 0 Å². The van der Waals surface area contributed by atoms with Gasteiger partial charge in [-0.25, -0.2) is 4.57 Å². The number of hydrogen-bond donors (Lipinski definition) is 4. The highest BCUT2D eigenvalue weighted by Gasteiger charge is 2.07. The minimum absolute atomic E-state index is 1.34. The molecule has 0 amide bonds. The van der Waals surface area contributed by atoms with E-state index in [9.17, 15) is 4.57 Å². The highest BCUT2D eigenvalue weighted by Crippen LogP contribution is 2.26. The maximum Gasteiger partial charge on any atom is 0.428 e. The van der Waals surface area contributed by atoms with Crippen LogP contribution in [0.25, 0.3) is 0 Å². The van der Waals surface area contributed by atoms with Crippen molar-refractivity contribution in [3.63, 3.8) is 0 Å². The minimum atomic E-state index is -4.21. The molecule has 0 aliphatic heterocycles. The van der Waals surface area contributed by atoms with Crippen molar-refractivity contribution in [2.75, 3.05) is 0 Å². The minimum Gasteiger partial charge on any atom is -0.308 e. The van der Waals surface area contributed by atoms with E-state index < -0.39 is 7.75 Å². The topological polar surface area (TPSA) is 93.4 Å². The number of rotatable bonds is 2. The van der Waals surface area contributed by atoms with Crippen molar-refractivity contribution in [2.24, 2.45) is 0 Å². The third-order valence-corrected chi connectivity index (χ3v) is 0.605. The van der Waals surface area contributed by atoms with Crippen molar-refractivity contribution >= 4 is 14.1 Å². The Hall–Kier alpha value is -0.380. The standard InChI is InChI=1S/CH4N2O3P/c2-1-3-7(4,5)6/h(H4,2,3,4,5,6). The lowest BCUT2D eigenvalue weighted by Crippen LogP contribution is -2.04. The second-order valence-electron chi connectivity index (χ2n) is 0.781. The summed E-state index contributed by atoms with van der Waals surface area (Å²) < 4.78 is 9.63. The molecule has 0 saturated carbocycles. The zero-order valence-corrected chi connectivity index (χ0v) is 4.14. The lowest BCUT2D eigenvalue weighted by atomic mass is 11.4. The lowest BCUT2D eigenvalue weighted by molar-refractivity contribution is 0.368. The van der Waals surface area contributed by atoms with Gasteiger partial charge in [-0.3, -0.25) is 10.5 Å². The monoisotopic (exact) mass is 123 g/mol. The zero-order valence-electron chi connectivity index (χ0n) is 3.25. The van der Waals surface area contributed by atoms with Gasteiger partial charge in [-0.1, -0.05) is 0 Å². The highest BCUT2D eigenvalue weighted by atomic mass is 31.2. The summed E-state index contributed by atoms with van der Waals surface area (Å²) in [4.78, 5) is 15.7. The summed E-state index contributed by atoms with van der Waals surface area (Å²) >= 11 is 0. The predicted octanol–water partition coefficient (Wildman–Crippen LogP) is -0.847. The van der Waals surface area contributed by atoms with E-state index in [0.717, 1.165) is 0 Å². The van der Waals surface area contributed by atoms with Gasteiger partial charge >= 0.3 is 7.75 Å². The molecule has 41 valence electrons. The van der Waals surface area contributed by atoms with Crippen LogP contribution in [0.3, 0.4) is 0 Å². The summed E-state index contributed by atoms with van der Waals surface area (Å²) in [7, 11) is -4.21. The molecule has 0 spiro atoms. The summed E-state index contributed by atoms with van der Waals surface area (Å²) in [6.45, 7) is 0. The van der Waals surface area contributed by atoms with Gasteiger partial charge in [-0.15, -0.1) is 0 Å². The summed E-state index contributed by atoms with van der Waals surface area (Å²) in [5.41, 5.74) is 0. The van der Waals surface area contributed by atoms with Crippen LogP contribution in [0.2, 0.25) is 0 Å². The summed E-state index contributed by atoms with van der Waals surface area (Å²) in [6.07, 6.45) is 1.34. The van der Waals surface area contributed by atoms with Gasteiger partial charge in [0.2, 0.25) is 0 Å². The van der Waals surface area contributed by atoms with E-state index in [0.29, 0.717) is 0 Å². The van der Waals surface area contributed by atoms with Crippen LogP contribution in [0.5, 0.6) is 0 Å². The molecule has 6 heteroatoms. The van der Waals surface area contributed by atoms with E-state index in [4.69, 9.17) is 15.2 Å². The average molecular weight is 123 g/mol. The molecular formula is CH4N2O3P. The Morgan fingerprint density at radius 2 is 2.14 bits per heavy atom. The van der Waals surface area contributed by atoms with Crippen LogP contribution in [-0.2, 0) is 4.57 Å². The van der Waals surface area contributed by atoms with Crippen LogP contribution >= 0.6 is 7.75 Å². The van der Waals surface area contributed by atoms with E-state index in [1.807, 2.05) is 0 Å². The third kappa shape index (κ3) is 5.62.